The van der Waals surface area contributed by atoms with Gasteiger partial charge >= 0.3 is 0 Å². The normalized spacial score (nSPS) is 17.9. The second kappa shape index (κ2) is 6.36. The Labute approximate surface area is 157 Å². The van der Waals surface area contributed by atoms with Crippen molar-refractivity contribution in [1.29, 1.82) is 0 Å². The van der Waals surface area contributed by atoms with Crippen molar-refractivity contribution in [2.45, 2.75) is 45.7 Å². The van der Waals surface area contributed by atoms with E-state index >= 15 is 0 Å². The van der Waals surface area contributed by atoms with Crippen LogP contribution in [0.25, 0.3) is 11.0 Å². The van der Waals surface area contributed by atoms with Crippen molar-refractivity contribution in [3.05, 3.63) is 34.6 Å². The summed E-state index contributed by atoms with van der Waals surface area (Å²) in [5.74, 6) is -0.374. The Hall–Kier alpha value is -2.37. The monoisotopic (exact) mass is 372 g/mol. The molecule has 4 rings (SSSR count). The van der Waals surface area contributed by atoms with E-state index in [0.29, 0.717) is 5.58 Å². The molecule has 0 unspecified atom stereocenters. The van der Waals surface area contributed by atoms with Crippen LogP contribution in [0.1, 0.15) is 47.5 Å². The molecule has 2 amide bonds. The molecule has 0 radical (unpaired) electrons. The molecule has 0 saturated carbocycles. The van der Waals surface area contributed by atoms with E-state index in [0.717, 1.165) is 30.2 Å². The van der Waals surface area contributed by atoms with Gasteiger partial charge < -0.3 is 14.6 Å². The van der Waals surface area contributed by atoms with Crippen LogP contribution in [-0.4, -0.2) is 42.0 Å². The van der Waals surface area contributed by atoms with Crippen LogP contribution in [0, 0.1) is 12.8 Å². The number of aryl methyl sites for hydroxylation is 3. The lowest BCUT2D eigenvalue weighted by molar-refractivity contribution is -0.148. The number of amides is 2. The van der Waals surface area contributed by atoms with E-state index in [2.05, 4.69) is 11.4 Å². The van der Waals surface area contributed by atoms with Gasteiger partial charge in [0.15, 0.2) is 11.4 Å². The SMILES string of the molecule is Cc1c(C(=O)NCC2(F)CN(C(=O)C(C)C)C2)oc2cc3c(cc12)CCC3. The topological polar surface area (TPSA) is 62.6 Å². The molecule has 1 saturated heterocycles. The fourth-order valence-electron chi connectivity index (χ4n) is 4.09. The van der Waals surface area contributed by atoms with Crippen molar-refractivity contribution in [2.75, 3.05) is 19.6 Å². The predicted octanol–water partition coefficient (Wildman–Crippen LogP) is 3.17. The van der Waals surface area contributed by atoms with Gasteiger partial charge in [-0.2, -0.15) is 0 Å². The van der Waals surface area contributed by atoms with Gasteiger partial charge in [0.2, 0.25) is 5.91 Å². The first kappa shape index (κ1) is 18.0. The summed E-state index contributed by atoms with van der Waals surface area (Å²) < 4.78 is 20.5. The summed E-state index contributed by atoms with van der Waals surface area (Å²) in [5.41, 5.74) is 2.54. The lowest BCUT2D eigenvalue weighted by Crippen LogP contribution is -2.65. The average Bonchev–Trinajstić information content (AvgIpc) is 3.19. The van der Waals surface area contributed by atoms with Gasteiger partial charge in [0.25, 0.3) is 5.91 Å². The van der Waals surface area contributed by atoms with Gasteiger partial charge in [-0.05, 0) is 49.4 Å². The number of carbonyl (C=O) groups is 2. The zero-order chi connectivity index (χ0) is 19.3. The number of halogens is 1. The Kier molecular flexibility index (Phi) is 4.24. The predicted molar refractivity (Wildman–Crippen MR) is 101 cm³/mol. The number of likely N-dealkylation sites (tertiary alicyclic amines) is 1. The van der Waals surface area contributed by atoms with E-state index in [1.54, 1.807) is 13.8 Å². The van der Waals surface area contributed by atoms with E-state index in [1.165, 1.54) is 16.0 Å². The molecule has 1 aromatic heterocycles. The number of benzene rings is 1. The Bertz CT molecular complexity index is 925. The number of nitrogens with zero attached hydrogens (tertiary/aromatic N) is 1. The first-order valence-corrected chi connectivity index (χ1v) is 9.58. The van der Waals surface area contributed by atoms with Crippen LogP contribution in [-0.2, 0) is 17.6 Å². The highest BCUT2D eigenvalue weighted by atomic mass is 19.1. The lowest BCUT2D eigenvalue weighted by atomic mass is 9.94. The molecule has 1 aromatic carbocycles. The summed E-state index contributed by atoms with van der Waals surface area (Å²) in [5, 5.41) is 3.60. The smallest absolute Gasteiger partial charge is 0.287 e. The van der Waals surface area contributed by atoms with Gasteiger partial charge in [-0.15, -0.1) is 0 Å². The average molecular weight is 372 g/mol. The summed E-state index contributed by atoms with van der Waals surface area (Å²) in [4.78, 5) is 25.9. The number of nitrogens with one attached hydrogen (secondary N) is 1. The maximum Gasteiger partial charge on any atom is 0.287 e. The standard InChI is InChI=1S/C21H25FN2O3/c1-12(2)20(26)24-10-21(22,11-24)9-23-19(25)18-13(3)16-7-14-5-4-6-15(14)8-17(16)27-18/h7-8,12H,4-6,9-11H2,1-3H3,(H,23,25). The Morgan fingerprint density at radius 2 is 1.93 bits per heavy atom. The summed E-state index contributed by atoms with van der Waals surface area (Å²) in [7, 11) is 0. The first-order chi connectivity index (χ1) is 12.8. The molecule has 144 valence electrons. The second-order valence-electron chi connectivity index (χ2n) is 8.21. The first-order valence-electron chi connectivity index (χ1n) is 9.58. The van der Waals surface area contributed by atoms with Crippen molar-refractivity contribution in [1.82, 2.24) is 10.2 Å². The summed E-state index contributed by atoms with van der Waals surface area (Å²) >= 11 is 0. The molecule has 1 N–H and O–H groups in total. The maximum absolute atomic E-state index is 14.7. The molecule has 6 heteroatoms. The maximum atomic E-state index is 14.7. The minimum atomic E-state index is -1.57. The van der Waals surface area contributed by atoms with Crippen molar-refractivity contribution in [3.8, 4) is 0 Å². The Morgan fingerprint density at radius 1 is 1.26 bits per heavy atom. The number of carbonyl (C=O) groups excluding carboxylic acids is 2. The van der Waals surface area contributed by atoms with Crippen molar-refractivity contribution >= 4 is 22.8 Å². The highest BCUT2D eigenvalue weighted by molar-refractivity contribution is 5.99. The molecule has 1 aliphatic heterocycles. The molecular weight excluding hydrogens is 347 g/mol. The van der Waals surface area contributed by atoms with Crippen molar-refractivity contribution in [2.24, 2.45) is 5.92 Å². The zero-order valence-electron chi connectivity index (χ0n) is 16.0. The van der Waals surface area contributed by atoms with E-state index < -0.39 is 11.6 Å². The minimum Gasteiger partial charge on any atom is -0.451 e. The third-order valence-electron chi connectivity index (χ3n) is 5.68. The molecule has 0 spiro atoms. The van der Waals surface area contributed by atoms with E-state index in [9.17, 15) is 14.0 Å². The molecule has 5 nitrogen and oxygen atoms in total. The Morgan fingerprint density at radius 3 is 2.59 bits per heavy atom. The number of hydrogen-bond donors (Lipinski definition) is 1. The zero-order valence-corrected chi connectivity index (χ0v) is 16.0. The molecule has 2 heterocycles. The van der Waals surface area contributed by atoms with E-state index in [-0.39, 0.29) is 37.2 Å². The molecule has 0 atom stereocenters. The molecule has 2 aromatic rings. The second-order valence-corrected chi connectivity index (χ2v) is 8.21. The van der Waals surface area contributed by atoms with E-state index in [4.69, 9.17) is 4.42 Å². The third kappa shape index (κ3) is 3.11. The number of fused-ring (bicyclic) bond motifs is 2. The quantitative estimate of drug-likeness (QED) is 0.897. The minimum absolute atomic E-state index is 0.0239. The number of hydrogen-bond acceptors (Lipinski definition) is 3. The number of alkyl halides is 1. The van der Waals surface area contributed by atoms with Crippen LogP contribution in [0.2, 0.25) is 0 Å². The summed E-state index contributed by atoms with van der Waals surface area (Å²) in [6, 6.07) is 4.14. The van der Waals surface area contributed by atoms with Crippen molar-refractivity contribution < 1.29 is 18.4 Å². The summed E-state index contributed by atoms with van der Waals surface area (Å²) in [6.45, 7) is 5.37. The molecule has 27 heavy (non-hydrogen) atoms. The number of rotatable bonds is 4. The van der Waals surface area contributed by atoms with Crippen LogP contribution in [0.4, 0.5) is 4.39 Å². The van der Waals surface area contributed by atoms with Crippen LogP contribution < -0.4 is 5.32 Å². The molecule has 1 aliphatic carbocycles. The van der Waals surface area contributed by atoms with Gasteiger partial charge in [-0.25, -0.2) is 4.39 Å². The van der Waals surface area contributed by atoms with Crippen molar-refractivity contribution in [3.63, 3.8) is 0 Å². The Balaban J connectivity index is 1.43. The third-order valence-corrected chi connectivity index (χ3v) is 5.68. The number of furan rings is 1. The van der Waals surface area contributed by atoms with Crippen LogP contribution in [0.3, 0.4) is 0 Å². The molecule has 1 fully saturated rings. The molecule has 0 bridgehead atoms. The largest absolute Gasteiger partial charge is 0.451 e. The van der Waals surface area contributed by atoms with Gasteiger partial charge in [0.05, 0.1) is 19.6 Å². The highest BCUT2D eigenvalue weighted by Crippen LogP contribution is 2.32. The lowest BCUT2D eigenvalue weighted by Gasteiger charge is -2.45. The van der Waals surface area contributed by atoms with Gasteiger partial charge in [-0.3, -0.25) is 9.59 Å². The van der Waals surface area contributed by atoms with Crippen LogP contribution in [0.5, 0.6) is 0 Å². The summed E-state index contributed by atoms with van der Waals surface area (Å²) in [6.07, 6.45) is 3.26. The molecular formula is C21H25FN2O3. The highest BCUT2D eigenvalue weighted by Gasteiger charge is 2.46. The van der Waals surface area contributed by atoms with Crippen LogP contribution in [0.15, 0.2) is 16.5 Å². The van der Waals surface area contributed by atoms with Gasteiger partial charge in [-0.1, -0.05) is 13.8 Å². The molecule has 2 aliphatic rings. The fourth-order valence-corrected chi connectivity index (χ4v) is 4.09. The fraction of sp³-hybridized carbons (Fsp3) is 0.524. The van der Waals surface area contributed by atoms with Crippen LogP contribution >= 0.6 is 0 Å². The van der Waals surface area contributed by atoms with Gasteiger partial charge in [0, 0.05) is 16.9 Å². The van der Waals surface area contributed by atoms with Gasteiger partial charge in [0.1, 0.15) is 5.58 Å². The van der Waals surface area contributed by atoms with E-state index in [1.807, 2.05) is 13.0 Å².